The number of nitrogens with one attached hydrogen (secondary N) is 2. The maximum Gasteiger partial charge on any atom is 0.258 e. The second-order valence-corrected chi connectivity index (χ2v) is 6.38. The van der Waals surface area contributed by atoms with Gasteiger partial charge in [0.2, 0.25) is 0 Å². The van der Waals surface area contributed by atoms with Crippen molar-refractivity contribution >= 4 is 39.6 Å². The number of anilines is 2. The Hall–Kier alpha value is -1.60. The maximum absolute atomic E-state index is 12.1. The lowest BCUT2D eigenvalue weighted by molar-refractivity contribution is 0.0953. The maximum atomic E-state index is 12.1. The van der Waals surface area contributed by atoms with Gasteiger partial charge in [0.25, 0.3) is 5.91 Å². The number of hydrogen-bond acceptors (Lipinski definition) is 6. The summed E-state index contributed by atoms with van der Waals surface area (Å²) in [6, 6.07) is 2.43. The number of amides is 1. The summed E-state index contributed by atoms with van der Waals surface area (Å²) >= 11 is 2.93. The Morgan fingerprint density at radius 2 is 2.35 bits per heavy atom. The molecule has 1 saturated carbocycles. The Morgan fingerprint density at radius 3 is 3.05 bits per heavy atom. The SMILES string of the molecule is Nc1nsc(NCCc2ccsc2)c1C(=O)NC1CC1. The molecule has 20 heavy (non-hydrogen) atoms. The lowest BCUT2D eigenvalue weighted by Crippen LogP contribution is -2.26. The van der Waals surface area contributed by atoms with E-state index in [2.05, 4.69) is 31.8 Å². The molecule has 0 aromatic carbocycles. The van der Waals surface area contributed by atoms with Gasteiger partial charge in [0.15, 0.2) is 5.82 Å². The minimum Gasteiger partial charge on any atom is -0.382 e. The second-order valence-electron chi connectivity index (χ2n) is 4.83. The minimum absolute atomic E-state index is 0.114. The van der Waals surface area contributed by atoms with Crippen molar-refractivity contribution in [2.24, 2.45) is 0 Å². The largest absolute Gasteiger partial charge is 0.382 e. The second kappa shape index (κ2) is 5.80. The highest BCUT2D eigenvalue weighted by Gasteiger charge is 2.27. The van der Waals surface area contributed by atoms with E-state index >= 15 is 0 Å². The molecule has 0 aliphatic heterocycles. The highest BCUT2D eigenvalue weighted by atomic mass is 32.1. The fraction of sp³-hybridized carbons (Fsp3) is 0.385. The van der Waals surface area contributed by atoms with Crippen molar-refractivity contribution in [2.45, 2.75) is 25.3 Å². The molecule has 1 aliphatic rings. The molecule has 106 valence electrons. The van der Waals surface area contributed by atoms with Crippen LogP contribution >= 0.6 is 22.9 Å². The van der Waals surface area contributed by atoms with Crippen molar-refractivity contribution in [1.29, 1.82) is 0 Å². The van der Waals surface area contributed by atoms with Gasteiger partial charge < -0.3 is 16.4 Å². The third kappa shape index (κ3) is 3.10. The van der Waals surface area contributed by atoms with Gasteiger partial charge in [0, 0.05) is 12.6 Å². The van der Waals surface area contributed by atoms with Crippen molar-refractivity contribution in [3.05, 3.63) is 28.0 Å². The van der Waals surface area contributed by atoms with E-state index in [1.807, 2.05) is 0 Å². The number of nitrogens with two attached hydrogens (primary N) is 1. The van der Waals surface area contributed by atoms with E-state index in [0.717, 1.165) is 30.8 Å². The van der Waals surface area contributed by atoms with Gasteiger partial charge in [-0.05, 0) is 53.2 Å². The molecule has 7 heteroatoms. The van der Waals surface area contributed by atoms with E-state index in [9.17, 15) is 4.79 Å². The zero-order valence-corrected chi connectivity index (χ0v) is 12.5. The number of nitrogen functional groups attached to an aromatic ring is 1. The quantitative estimate of drug-likeness (QED) is 0.765. The number of carbonyl (C=O) groups excluding carboxylic acids is 1. The van der Waals surface area contributed by atoms with E-state index in [-0.39, 0.29) is 5.91 Å². The summed E-state index contributed by atoms with van der Waals surface area (Å²) in [5.74, 6) is 0.197. The number of carbonyl (C=O) groups is 1. The summed E-state index contributed by atoms with van der Waals surface area (Å²) in [5.41, 5.74) is 7.59. The lowest BCUT2D eigenvalue weighted by atomic mass is 10.2. The summed E-state index contributed by atoms with van der Waals surface area (Å²) in [6.07, 6.45) is 3.04. The first-order valence-electron chi connectivity index (χ1n) is 6.55. The van der Waals surface area contributed by atoms with Crippen LogP contribution < -0.4 is 16.4 Å². The normalized spacial score (nSPS) is 14.2. The van der Waals surface area contributed by atoms with Crippen LogP contribution in [0.15, 0.2) is 16.8 Å². The molecule has 0 atom stereocenters. The lowest BCUT2D eigenvalue weighted by Gasteiger charge is -2.07. The number of aromatic nitrogens is 1. The fourth-order valence-corrected chi connectivity index (χ4v) is 3.32. The van der Waals surface area contributed by atoms with E-state index in [1.54, 1.807) is 11.3 Å². The molecule has 5 nitrogen and oxygen atoms in total. The molecule has 1 amide bonds. The van der Waals surface area contributed by atoms with Crippen molar-refractivity contribution in [2.75, 3.05) is 17.6 Å². The first kappa shape index (κ1) is 13.4. The van der Waals surface area contributed by atoms with Crippen LogP contribution in [-0.4, -0.2) is 22.9 Å². The summed E-state index contributed by atoms with van der Waals surface area (Å²) < 4.78 is 4.08. The highest BCUT2D eigenvalue weighted by Crippen LogP contribution is 2.28. The van der Waals surface area contributed by atoms with Crippen molar-refractivity contribution in [1.82, 2.24) is 9.69 Å². The summed E-state index contributed by atoms with van der Waals surface area (Å²) in [7, 11) is 0. The molecule has 0 saturated heterocycles. The number of thiophene rings is 1. The predicted molar refractivity (Wildman–Crippen MR) is 83.5 cm³/mol. The monoisotopic (exact) mass is 308 g/mol. The zero-order chi connectivity index (χ0) is 13.9. The molecule has 0 unspecified atom stereocenters. The van der Waals surface area contributed by atoms with Crippen LogP contribution in [-0.2, 0) is 6.42 Å². The molecule has 3 rings (SSSR count). The van der Waals surface area contributed by atoms with Gasteiger partial charge in [0.05, 0.1) is 0 Å². The Labute approximate surface area is 125 Å². The number of rotatable bonds is 6. The highest BCUT2D eigenvalue weighted by molar-refractivity contribution is 7.11. The van der Waals surface area contributed by atoms with Crippen LogP contribution in [0.25, 0.3) is 0 Å². The fourth-order valence-electron chi connectivity index (χ4n) is 1.88. The Kier molecular flexibility index (Phi) is 3.88. The summed E-state index contributed by atoms with van der Waals surface area (Å²) in [4.78, 5) is 12.1. The molecule has 1 fully saturated rings. The van der Waals surface area contributed by atoms with Crippen molar-refractivity contribution < 1.29 is 4.79 Å². The van der Waals surface area contributed by atoms with Crippen LogP contribution in [0, 0.1) is 0 Å². The summed E-state index contributed by atoms with van der Waals surface area (Å²) in [6.45, 7) is 0.766. The number of nitrogens with zero attached hydrogens (tertiary/aromatic N) is 1. The molecule has 4 N–H and O–H groups in total. The van der Waals surface area contributed by atoms with E-state index < -0.39 is 0 Å². The van der Waals surface area contributed by atoms with Crippen LogP contribution in [0.1, 0.15) is 28.8 Å². The van der Waals surface area contributed by atoms with Crippen LogP contribution in [0.5, 0.6) is 0 Å². The third-order valence-electron chi connectivity index (χ3n) is 3.14. The Morgan fingerprint density at radius 1 is 1.50 bits per heavy atom. The Balaban J connectivity index is 1.62. The molecular weight excluding hydrogens is 292 g/mol. The average Bonchev–Trinajstić information content (AvgIpc) is 2.95. The van der Waals surface area contributed by atoms with Gasteiger partial charge in [0.1, 0.15) is 10.6 Å². The molecule has 0 spiro atoms. The molecule has 2 aromatic rings. The van der Waals surface area contributed by atoms with Crippen molar-refractivity contribution in [3.8, 4) is 0 Å². The van der Waals surface area contributed by atoms with Crippen molar-refractivity contribution in [3.63, 3.8) is 0 Å². The standard InChI is InChI=1S/C13H16N4OS2/c14-11-10(12(18)16-9-1-2-9)13(20-17-11)15-5-3-8-4-6-19-7-8/h4,6-7,9,15H,1-3,5H2,(H2,14,17)(H,16,18). The number of hydrogen-bond donors (Lipinski definition) is 3. The van der Waals surface area contributed by atoms with Gasteiger partial charge in [-0.1, -0.05) is 0 Å². The molecule has 1 aliphatic carbocycles. The predicted octanol–water partition coefficient (Wildman–Crippen LogP) is 2.33. The van der Waals surface area contributed by atoms with Crippen LogP contribution in [0.3, 0.4) is 0 Å². The topological polar surface area (TPSA) is 80.0 Å². The summed E-state index contributed by atoms with van der Waals surface area (Å²) in [5, 5.41) is 11.2. The minimum atomic E-state index is -0.114. The molecule has 2 aromatic heterocycles. The molecule has 2 heterocycles. The van der Waals surface area contributed by atoms with Crippen LogP contribution in [0.4, 0.5) is 10.8 Å². The third-order valence-corrected chi connectivity index (χ3v) is 4.69. The molecular formula is C13H16N4OS2. The van der Waals surface area contributed by atoms with E-state index in [4.69, 9.17) is 5.73 Å². The van der Waals surface area contributed by atoms with Gasteiger partial charge in [-0.3, -0.25) is 4.79 Å². The zero-order valence-electron chi connectivity index (χ0n) is 10.9. The van der Waals surface area contributed by atoms with Gasteiger partial charge in [-0.15, -0.1) is 0 Å². The van der Waals surface area contributed by atoms with Gasteiger partial charge >= 0.3 is 0 Å². The Bertz CT molecular complexity index is 590. The van der Waals surface area contributed by atoms with Gasteiger partial charge in [-0.2, -0.15) is 15.7 Å². The van der Waals surface area contributed by atoms with E-state index in [1.165, 1.54) is 17.1 Å². The average molecular weight is 308 g/mol. The van der Waals surface area contributed by atoms with Gasteiger partial charge in [-0.25, -0.2) is 0 Å². The molecule has 0 radical (unpaired) electrons. The molecule has 0 bridgehead atoms. The van der Waals surface area contributed by atoms with E-state index in [0.29, 0.717) is 17.4 Å². The first-order chi connectivity index (χ1) is 9.74. The smallest absolute Gasteiger partial charge is 0.258 e. The first-order valence-corrected chi connectivity index (χ1v) is 8.26. The van der Waals surface area contributed by atoms with Crippen LogP contribution in [0.2, 0.25) is 0 Å².